The van der Waals surface area contributed by atoms with Gasteiger partial charge in [-0.3, -0.25) is 9.59 Å². The van der Waals surface area contributed by atoms with E-state index in [2.05, 4.69) is 17.4 Å². The first-order valence-electron chi connectivity index (χ1n) is 6.82. The largest absolute Gasteiger partial charge is 0.480 e. The fraction of sp³-hybridized carbons (Fsp3) is 0.467. The van der Waals surface area contributed by atoms with E-state index in [0.717, 1.165) is 12.8 Å². The Balaban J connectivity index is 1.56. The van der Waals surface area contributed by atoms with Crippen LogP contribution >= 0.6 is 11.8 Å². The highest BCUT2D eigenvalue weighted by molar-refractivity contribution is 8.01. The average Bonchev–Trinajstić information content (AvgIpc) is 3.33. The SMILES string of the molecule is O=C(O)C1(C(=O)NCC2(Sc3ccccc3)CC2)CC1. The number of rotatable bonds is 6. The zero-order chi connectivity index (χ0) is 14.2. The highest BCUT2D eigenvalue weighted by Crippen LogP contribution is 2.52. The number of carbonyl (C=O) groups is 2. The Morgan fingerprint density at radius 1 is 1.15 bits per heavy atom. The van der Waals surface area contributed by atoms with Crippen molar-refractivity contribution in [3.8, 4) is 0 Å². The number of carboxylic acid groups (broad SMARTS) is 1. The molecular formula is C15H17NO3S. The van der Waals surface area contributed by atoms with Crippen LogP contribution in [-0.4, -0.2) is 28.3 Å². The van der Waals surface area contributed by atoms with Crippen LogP contribution in [0.4, 0.5) is 0 Å². The normalized spacial score (nSPS) is 21.0. The van der Waals surface area contributed by atoms with Gasteiger partial charge in [-0.25, -0.2) is 0 Å². The smallest absolute Gasteiger partial charge is 0.319 e. The van der Waals surface area contributed by atoms with Crippen LogP contribution in [0.5, 0.6) is 0 Å². The van der Waals surface area contributed by atoms with Crippen molar-refractivity contribution in [1.29, 1.82) is 0 Å². The van der Waals surface area contributed by atoms with Gasteiger partial charge in [0.05, 0.1) is 0 Å². The summed E-state index contributed by atoms with van der Waals surface area (Å²) in [5, 5.41) is 11.9. The molecule has 5 heteroatoms. The summed E-state index contributed by atoms with van der Waals surface area (Å²) in [4.78, 5) is 24.3. The third-order valence-electron chi connectivity index (χ3n) is 4.05. The van der Waals surface area contributed by atoms with Crippen molar-refractivity contribution < 1.29 is 14.7 Å². The molecule has 0 heterocycles. The molecule has 0 aromatic heterocycles. The summed E-state index contributed by atoms with van der Waals surface area (Å²) in [6, 6.07) is 10.1. The van der Waals surface area contributed by atoms with Crippen LogP contribution in [0.25, 0.3) is 0 Å². The molecule has 0 aliphatic heterocycles. The van der Waals surface area contributed by atoms with Gasteiger partial charge in [0.1, 0.15) is 5.41 Å². The lowest BCUT2D eigenvalue weighted by Gasteiger charge is -2.17. The molecule has 4 nitrogen and oxygen atoms in total. The van der Waals surface area contributed by atoms with Gasteiger partial charge in [-0.15, -0.1) is 11.8 Å². The van der Waals surface area contributed by atoms with Crippen LogP contribution in [0.2, 0.25) is 0 Å². The van der Waals surface area contributed by atoms with Crippen LogP contribution in [0.3, 0.4) is 0 Å². The fourth-order valence-corrected chi connectivity index (χ4v) is 3.51. The first kappa shape index (κ1) is 13.5. The molecule has 3 rings (SSSR count). The molecule has 0 saturated heterocycles. The molecule has 0 spiro atoms. The van der Waals surface area contributed by atoms with Gasteiger partial charge in [-0.2, -0.15) is 0 Å². The number of hydrogen-bond acceptors (Lipinski definition) is 3. The molecule has 1 aromatic carbocycles. The molecule has 1 amide bonds. The maximum Gasteiger partial charge on any atom is 0.319 e. The minimum absolute atomic E-state index is 0.0611. The number of carboxylic acids is 1. The van der Waals surface area contributed by atoms with Crippen molar-refractivity contribution in [3.63, 3.8) is 0 Å². The number of nitrogens with one attached hydrogen (secondary N) is 1. The monoisotopic (exact) mass is 291 g/mol. The van der Waals surface area contributed by atoms with E-state index in [4.69, 9.17) is 5.11 Å². The maximum absolute atomic E-state index is 12.0. The Kier molecular flexibility index (Phi) is 3.24. The van der Waals surface area contributed by atoms with Gasteiger partial charge in [0, 0.05) is 16.2 Å². The Bertz CT molecular complexity index is 535. The molecule has 0 radical (unpaired) electrons. The lowest BCUT2D eigenvalue weighted by Crippen LogP contribution is -2.40. The van der Waals surface area contributed by atoms with Crippen LogP contribution in [-0.2, 0) is 9.59 Å². The van der Waals surface area contributed by atoms with Gasteiger partial charge >= 0.3 is 5.97 Å². The average molecular weight is 291 g/mol. The Morgan fingerprint density at radius 2 is 1.80 bits per heavy atom. The van der Waals surface area contributed by atoms with Gasteiger partial charge in [-0.1, -0.05) is 18.2 Å². The number of hydrogen-bond donors (Lipinski definition) is 2. The summed E-state index contributed by atoms with van der Waals surface area (Å²) in [5.74, 6) is -1.31. The van der Waals surface area contributed by atoms with E-state index in [1.165, 1.54) is 4.90 Å². The van der Waals surface area contributed by atoms with E-state index in [0.29, 0.717) is 19.4 Å². The van der Waals surface area contributed by atoms with Crippen LogP contribution in [0.15, 0.2) is 35.2 Å². The Hall–Kier alpha value is -1.49. The molecule has 106 valence electrons. The first-order valence-corrected chi connectivity index (χ1v) is 7.64. The molecule has 2 N–H and O–H groups in total. The number of amides is 1. The lowest BCUT2D eigenvalue weighted by molar-refractivity contribution is -0.149. The standard InChI is InChI=1S/C15H17NO3S/c17-12(15(8-9-15)13(18)19)16-10-14(6-7-14)20-11-4-2-1-3-5-11/h1-5H,6-10H2,(H,16,17)(H,18,19). The third kappa shape index (κ3) is 2.54. The maximum atomic E-state index is 12.0. The van der Waals surface area contributed by atoms with Crippen molar-refractivity contribution in [1.82, 2.24) is 5.32 Å². The summed E-state index contributed by atoms with van der Waals surface area (Å²) in [5.41, 5.74) is -1.13. The zero-order valence-corrected chi connectivity index (χ0v) is 11.9. The minimum atomic E-state index is -1.13. The first-order chi connectivity index (χ1) is 9.56. The summed E-state index contributed by atoms with van der Waals surface area (Å²) in [7, 11) is 0. The zero-order valence-electron chi connectivity index (χ0n) is 11.1. The Morgan fingerprint density at radius 3 is 2.30 bits per heavy atom. The predicted molar refractivity (Wildman–Crippen MR) is 76.6 cm³/mol. The van der Waals surface area contributed by atoms with Crippen LogP contribution in [0.1, 0.15) is 25.7 Å². The van der Waals surface area contributed by atoms with Crippen molar-refractivity contribution >= 4 is 23.6 Å². The second kappa shape index (κ2) is 4.81. The van der Waals surface area contributed by atoms with E-state index in [1.807, 2.05) is 18.2 Å². The minimum Gasteiger partial charge on any atom is -0.480 e. The van der Waals surface area contributed by atoms with E-state index in [1.54, 1.807) is 11.8 Å². The molecule has 2 fully saturated rings. The summed E-state index contributed by atoms with van der Waals surface area (Å²) in [6.07, 6.45) is 3.06. The number of carbonyl (C=O) groups excluding carboxylic acids is 1. The summed E-state index contributed by atoms with van der Waals surface area (Å²) < 4.78 is 0.0611. The third-order valence-corrected chi connectivity index (χ3v) is 5.54. The number of benzene rings is 1. The molecular weight excluding hydrogens is 274 g/mol. The predicted octanol–water partition coefficient (Wildman–Crippen LogP) is 2.29. The summed E-state index contributed by atoms with van der Waals surface area (Å²) in [6.45, 7) is 0.556. The van der Waals surface area contributed by atoms with Crippen molar-refractivity contribution in [3.05, 3.63) is 30.3 Å². The van der Waals surface area contributed by atoms with Crippen molar-refractivity contribution in [2.75, 3.05) is 6.54 Å². The van der Waals surface area contributed by atoms with Crippen molar-refractivity contribution in [2.24, 2.45) is 5.41 Å². The van der Waals surface area contributed by atoms with Gasteiger partial charge < -0.3 is 10.4 Å². The highest BCUT2D eigenvalue weighted by atomic mass is 32.2. The molecule has 2 aliphatic rings. The molecule has 2 aliphatic carbocycles. The van der Waals surface area contributed by atoms with E-state index in [-0.39, 0.29) is 10.7 Å². The lowest BCUT2D eigenvalue weighted by atomic mass is 10.1. The van der Waals surface area contributed by atoms with E-state index >= 15 is 0 Å². The van der Waals surface area contributed by atoms with E-state index in [9.17, 15) is 9.59 Å². The molecule has 0 bridgehead atoms. The number of thioether (sulfide) groups is 1. The molecule has 1 aromatic rings. The topological polar surface area (TPSA) is 66.4 Å². The molecule has 0 unspecified atom stereocenters. The second-order valence-electron chi connectivity index (χ2n) is 5.67. The van der Waals surface area contributed by atoms with E-state index < -0.39 is 11.4 Å². The molecule has 2 saturated carbocycles. The quantitative estimate of drug-likeness (QED) is 0.789. The fourth-order valence-electron chi connectivity index (χ4n) is 2.27. The Labute approximate surface area is 121 Å². The number of aliphatic carboxylic acids is 1. The summed E-state index contributed by atoms with van der Waals surface area (Å²) >= 11 is 1.78. The molecule has 20 heavy (non-hydrogen) atoms. The second-order valence-corrected chi connectivity index (χ2v) is 7.21. The van der Waals surface area contributed by atoms with Gasteiger partial charge in [-0.05, 0) is 37.8 Å². The van der Waals surface area contributed by atoms with Gasteiger partial charge in [0.2, 0.25) is 5.91 Å². The van der Waals surface area contributed by atoms with Gasteiger partial charge in [0.25, 0.3) is 0 Å². The van der Waals surface area contributed by atoms with Crippen LogP contribution in [0, 0.1) is 5.41 Å². The van der Waals surface area contributed by atoms with Gasteiger partial charge in [0.15, 0.2) is 0 Å². The van der Waals surface area contributed by atoms with Crippen LogP contribution < -0.4 is 5.32 Å². The molecule has 0 atom stereocenters. The highest BCUT2D eigenvalue weighted by Gasteiger charge is 2.57. The van der Waals surface area contributed by atoms with Crippen molar-refractivity contribution in [2.45, 2.75) is 35.3 Å².